The number of carbonyl (C=O) groups excluding carboxylic acids is 1. The molecule has 0 amide bonds. The minimum absolute atomic E-state index is 0.410. The average molecular weight is 270 g/mol. The molecule has 0 aliphatic carbocycles. The molecule has 1 aromatic carbocycles. The van der Waals surface area contributed by atoms with Crippen molar-refractivity contribution in [3.63, 3.8) is 0 Å². The molecule has 1 aromatic rings. The summed E-state index contributed by atoms with van der Waals surface area (Å²) in [5.41, 5.74) is 6.81. The van der Waals surface area contributed by atoms with E-state index in [9.17, 15) is 4.79 Å². The van der Waals surface area contributed by atoms with Crippen molar-refractivity contribution in [1.82, 2.24) is 0 Å². The van der Waals surface area contributed by atoms with Crippen molar-refractivity contribution in [1.29, 1.82) is 0 Å². The summed E-state index contributed by atoms with van der Waals surface area (Å²) in [4.78, 5) is 11.0. The standard InChI is InChI=1S/C13H16ClNO3/c1-13(2,15)6-9-10(14)5-8(7-16)11-12(9)18-4-3-17-11/h5,7H,3-4,6,15H2,1-2H3. The van der Waals surface area contributed by atoms with Gasteiger partial charge in [0.15, 0.2) is 17.8 Å². The van der Waals surface area contributed by atoms with Crippen LogP contribution in [-0.2, 0) is 6.42 Å². The monoisotopic (exact) mass is 269 g/mol. The van der Waals surface area contributed by atoms with Gasteiger partial charge in [0.05, 0.1) is 5.56 Å². The average Bonchev–Trinajstić information content (AvgIpc) is 2.31. The second kappa shape index (κ2) is 4.78. The van der Waals surface area contributed by atoms with Gasteiger partial charge < -0.3 is 15.2 Å². The van der Waals surface area contributed by atoms with E-state index in [4.69, 9.17) is 26.8 Å². The van der Waals surface area contributed by atoms with Crippen LogP contribution < -0.4 is 15.2 Å². The Balaban J connectivity index is 2.55. The van der Waals surface area contributed by atoms with Crippen LogP contribution in [0.5, 0.6) is 11.5 Å². The molecule has 5 heteroatoms. The fourth-order valence-corrected chi connectivity index (χ4v) is 2.23. The van der Waals surface area contributed by atoms with Gasteiger partial charge in [-0.3, -0.25) is 4.79 Å². The minimum atomic E-state index is -0.416. The van der Waals surface area contributed by atoms with Gasteiger partial charge in [-0.2, -0.15) is 0 Å². The molecule has 0 saturated heterocycles. The second-order valence-corrected chi connectivity index (χ2v) is 5.47. The van der Waals surface area contributed by atoms with Gasteiger partial charge in [-0.25, -0.2) is 0 Å². The fourth-order valence-electron chi connectivity index (χ4n) is 1.96. The molecule has 2 rings (SSSR count). The first-order valence-corrected chi connectivity index (χ1v) is 6.15. The molecule has 98 valence electrons. The number of ether oxygens (including phenoxy) is 2. The van der Waals surface area contributed by atoms with E-state index in [0.717, 1.165) is 11.8 Å². The lowest BCUT2D eigenvalue weighted by Crippen LogP contribution is -2.35. The van der Waals surface area contributed by atoms with Gasteiger partial charge in [0, 0.05) is 16.1 Å². The van der Waals surface area contributed by atoms with E-state index in [0.29, 0.717) is 41.7 Å². The highest BCUT2D eigenvalue weighted by molar-refractivity contribution is 6.32. The Labute approximate surface area is 111 Å². The van der Waals surface area contributed by atoms with E-state index in [1.165, 1.54) is 0 Å². The highest BCUT2D eigenvalue weighted by atomic mass is 35.5. The second-order valence-electron chi connectivity index (χ2n) is 5.06. The summed E-state index contributed by atoms with van der Waals surface area (Å²) in [7, 11) is 0. The summed E-state index contributed by atoms with van der Waals surface area (Å²) >= 11 is 6.20. The van der Waals surface area contributed by atoms with Gasteiger partial charge in [0.2, 0.25) is 0 Å². The van der Waals surface area contributed by atoms with Crippen LogP contribution in [0.25, 0.3) is 0 Å². The Bertz CT molecular complexity index is 480. The van der Waals surface area contributed by atoms with Crippen LogP contribution in [0.1, 0.15) is 29.8 Å². The van der Waals surface area contributed by atoms with Crippen molar-refractivity contribution in [3.05, 3.63) is 22.2 Å². The van der Waals surface area contributed by atoms with Gasteiger partial charge in [0.1, 0.15) is 13.2 Å². The smallest absolute Gasteiger partial charge is 0.172 e. The topological polar surface area (TPSA) is 61.6 Å². The number of nitrogens with two attached hydrogens (primary N) is 1. The number of halogens is 1. The summed E-state index contributed by atoms with van der Waals surface area (Å²) in [5.74, 6) is 1.02. The van der Waals surface area contributed by atoms with E-state index >= 15 is 0 Å². The predicted octanol–water partition coefficient (Wildman–Crippen LogP) is 2.20. The summed E-state index contributed by atoms with van der Waals surface area (Å²) in [6.07, 6.45) is 1.27. The highest BCUT2D eigenvalue weighted by Gasteiger charge is 2.26. The zero-order valence-corrected chi connectivity index (χ0v) is 11.2. The Kier molecular flexibility index (Phi) is 3.50. The first kappa shape index (κ1) is 13.2. The fraction of sp³-hybridized carbons (Fsp3) is 0.462. The third kappa shape index (κ3) is 2.60. The third-order valence-electron chi connectivity index (χ3n) is 2.65. The zero-order valence-electron chi connectivity index (χ0n) is 10.5. The van der Waals surface area contributed by atoms with E-state index < -0.39 is 5.54 Å². The van der Waals surface area contributed by atoms with Gasteiger partial charge in [-0.1, -0.05) is 11.6 Å². The van der Waals surface area contributed by atoms with Gasteiger partial charge >= 0.3 is 0 Å². The Morgan fingerprint density at radius 3 is 2.56 bits per heavy atom. The molecule has 1 heterocycles. The van der Waals surface area contributed by atoms with Crippen LogP contribution in [0.2, 0.25) is 5.02 Å². The number of hydrogen-bond acceptors (Lipinski definition) is 4. The van der Waals surface area contributed by atoms with Crippen molar-refractivity contribution in [2.24, 2.45) is 5.73 Å². The van der Waals surface area contributed by atoms with Crippen molar-refractivity contribution in [2.45, 2.75) is 25.8 Å². The van der Waals surface area contributed by atoms with E-state index in [1.807, 2.05) is 13.8 Å². The van der Waals surface area contributed by atoms with Gasteiger partial charge in [-0.05, 0) is 26.3 Å². The Morgan fingerprint density at radius 1 is 1.39 bits per heavy atom. The summed E-state index contributed by atoms with van der Waals surface area (Å²) in [6, 6.07) is 1.60. The van der Waals surface area contributed by atoms with E-state index in [2.05, 4.69) is 0 Å². The lowest BCUT2D eigenvalue weighted by molar-refractivity contribution is 0.111. The van der Waals surface area contributed by atoms with Crippen molar-refractivity contribution in [3.8, 4) is 11.5 Å². The quantitative estimate of drug-likeness (QED) is 0.855. The molecule has 0 unspecified atom stereocenters. The zero-order chi connectivity index (χ0) is 13.3. The first-order valence-electron chi connectivity index (χ1n) is 5.77. The predicted molar refractivity (Wildman–Crippen MR) is 69.8 cm³/mol. The SMILES string of the molecule is CC(C)(N)Cc1c(Cl)cc(C=O)c2c1OCCO2. The van der Waals surface area contributed by atoms with Crippen LogP contribution >= 0.6 is 11.6 Å². The third-order valence-corrected chi connectivity index (χ3v) is 2.99. The molecule has 0 fully saturated rings. The summed E-state index contributed by atoms with van der Waals surface area (Å²) in [5, 5.41) is 0.486. The Morgan fingerprint density at radius 2 is 2.00 bits per heavy atom. The van der Waals surface area contributed by atoms with Crippen LogP contribution in [0.4, 0.5) is 0 Å². The van der Waals surface area contributed by atoms with Gasteiger partial charge in [-0.15, -0.1) is 0 Å². The van der Waals surface area contributed by atoms with Crippen molar-refractivity contribution >= 4 is 17.9 Å². The number of rotatable bonds is 3. The van der Waals surface area contributed by atoms with Crippen LogP contribution in [0, 0.1) is 0 Å². The van der Waals surface area contributed by atoms with Crippen LogP contribution in [0.15, 0.2) is 6.07 Å². The summed E-state index contributed by atoms with van der Waals surface area (Å²) < 4.78 is 11.1. The van der Waals surface area contributed by atoms with E-state index in [1.54, 1.807) is 6.07 Å². The number of carbonyl (C=O) groups is 1. The number of aldehydes is 1. The maximum Gasteiger partial charge on any atom is 0.172 e. The largest absolute Gasteiger partial charge is 0.486 e. The van der Waals surface area contributed by atoms with Crippen LogP contribution in [0.3, 0.4) is 0 Å². The molecule has 4 nitrogen and oxygen atoms in total. The number of fused-ring (bicyclic) bond motifs is 1. The van der Waals surface area contributed by atoms with E-state index in [-0.39, 0.29) is 0 Å². The molecule has 0 aromatic heterocycles. The molecule has 2 N–H and O–H groups in total. The molecule has 0 spiro atoms. The minimum Gasteiger partial charge on any atom is -0.486 e. The lowest BCUT2D eigenvalue weighted by Gasteiger charge is -2.26. The molecule has 0 radical (unpaired) electrons. The molecule has 1 aliphatic rings. The van der Waals surface area contributed by atoms with Crippen LogP contribution in [-0.4, -0.2) is 25.0 Å². The maximum atomic E-state index is 11.0. The maximum absolute atomic E-state index is 11.0. The van der Waals surface area contributed by atoms with Gasteiger partial charge in [0.25, 0.3) is 0 Å². The van der Waals surface area contributed by atoms with Crippen molar-refractivity contribution in [2.75, 3.05) is 13.2 Å². The highest BCUT2D eigenvalue weighted by Crippen LogP contribution is 2.41. The molecular weight excluding hydrogens is 254 g/mol. The molecule has 0 bridgehead atoms. The lowest BCUT2D eigenvalue weighted by atomic mass is 9.94. The summed E-state index contributed by atoms with van der Waals surface area (Å²) in [6.45, 7) is 4.70. The molecule has 0 atom stereocenters. The number of hydrogen-bond donors (Lipinski definition) is 1. The molecule has 1 aliphatic heterocycles. The molecule has 0 saturated carbocycles. The normalized spacial score (nSPS) is 14.4. The van der Waals surface area contributed by atoms with Crippen molar-refractivity contribution < 1.29 is 14.3 Å². The number of benzene rings is 1. The first-order chi connectivity index (χ1) is 8.42. The molecular formula is C13H16ClNO3. The molecule has 18 heavy (non-hydrogen) atoms. The Hall–Kier alpha value is -1.26.